The van der Waals surface area contributed by atoms with E-state index in [0.717, 1.165) is 33.6 Å². The van der Waals surface area contributed by atoms with Crippen molar-refractivity contribution in [1.29, 1.82) is 0 Å². The molecular weight excluding hydrogens is 448 g/mol. The first-order valence-electron chi connectivity index (χ1n) is 11.0. The quantitative estimate of drug-likeness (QED) is 0.259. The Labute approximate surface area is 201 Å². The van der Waals surface area contributed by atoms with Gasteiger partial charge in [-0.15, -0.1) is 0 Å². The molecule has 0 saturated heterocycles. The Morgan fingerprint density at radius 3 is 1.76 bits per heavy atom. The van der Waals surface area contributed by atoms with Gasteiger partial charge in [0.25, 0.3) is 5.92 Å². The van der Waals surface area contributed by atoms with Crippen molar-refractivity contribution in [2.75, 3.05) is 0 Å². The molecule has 5 aromatic rings. The summed E-state index contributed by atoms with van der Waals surface area (Å²) in [7, 11) is 0. The van der Waals surface area contributed by atoms with Crippen molar-refractivity contribution in [3.05, 3.63) is 125 Å². The van der Waals surface area contributed by atoms with Crippen LogP contribution in [0.15, 0.2) is 109 Å². The van der Waals surface area contributed by atoms with Crippen molar-refractivity contribution >= 4 is 11.6 Å². The highest BCUT2D eigenvalue weighted by molar-refractivity contribution is 6.31. The lowest BCUT2D eigenvalue weighted by molar-refractivity contribution is 0.0480. The Balaban J connectivity index is 1.56. The highest BCUT2D eigenvalue weighted by atomic mass is 35.5. The summed E-state index contributed by atoms with van der Waals surface area (Å²) in [6, 6.07) is 33.7. The highest BCUT2D eigenvalue weighted by Gasteiger charge is 2.44. The Morgan fingerprint density at radius 1 is 0.529 bits per heavy atom. The zero-order valence-electron chi connectivity index (χ0n) is 18.0. The highest BCUT2D eigenvalue weighted by Crippen LogP contribution is 2.52. The van der Waals surface area contributed by atoms with Crippen molar-refractivity contribution < 1.29 is 8.78 Å². The monoisotopic (exact) mass is 465 g/mol. The molecule has 0 fully saturated rings. The van der Waals surface area contributed by atoms with E-state index < -0.39 is 5.92 Å². The van der Waals surface area contributed by atoms with Crippen molar-refractivity contribution in [2.45, 2.75) is 5.92 Å². The van der Waals surface area contributed by atoms with Gasteiger partial charge >= 0.3 is 0 Å². The van der Waals surface area contributed by atoms with Gasteiger partial charge in [0, 0.05) is 27.3 Å². The van der Waals surface area contributed by atoms with Crippen molar-refractivity contribution in [3.8, 4) is 44.8 Å². The van der Waals surface area contributed by atoms with Gasteiger partial charge in [-0.1, -0.05) is 90.5 Å². The summed E-state index contributed by atoms with van der Waals surface area (Å²) in [6.07, 6.45) is 0. The third-order valence-corrected chi connectivity index (χ3v) is 6.50. The molecule has 1 aliphatic rings. The van der Waals surface area contributed by atoms with Crippen LogP contribution in [-0.2, 0) is 5.92 Å². The molecule has 0 aliphatic heterocycles. The molecule has 0 amide bonds. The van der Waals surface area contributed by atoms with Crippen molar-refractivity contribution in [1.82, 2.24) is 4.98 Å². The zero-order chi connectivity index (χ0) is 23.3. The fourth-order valence-corrected chi connectivity index (χ4v) is 4.76. The molecule has 1 aliphatic carbocycles. The van der Waals surface area contributed by atoms with Gasteiger partial charge in [0.15, 0.2) is 0 Å². The predicted molar refractivity (Wildman–Crippen MR) is 134 cm³/mol. The normalized spacial score (nSPS) is 13.4. The zero-order valence-corrected chi connectivity index (χ0v) is 18.7. The molecule has 0 spiro atoms. The van der Waals surface area contributed by atoms with Crippen molar-refractivity contribution in [3.63, 3.8) is 0 Å². The number of benzene rings is 4. The minimum absolute atomic E-state index is 0.00369. The van der Waals surface area contributed by atoms with Crippen LogP contribution in [0.1, 0.15) is 11.1 Å². The molecular formula is C30H18ClF2N. The van der Waals surface area contributed by atoms with Crippen LogP contribution in [0.4, 0.5) is 8.78 Å². The van der Waals surface area contributed by atoms with Crippen molar-refractivity contribution in [2.24, 2.45) is 0 Å². The predicted octanol–water partition coefficient (Wildman–Crippen LogP) is 8.86. The lowest BCUT2D eigenvalue weighted by atomic mass is 9.97. The fourth-order valence-electron chi connectivity index (χ4n) is 4.59. The van der Waals surface area contributed by atoms with Gasteiger partial charge in [-0.3, -0.25) is 0 Å². The average Bonchev–Trinajstić information content (AvgIpc) is 3.10. The summed E-state index contributed by atoms with van der Waals surface area (Å²) < 4.78 is 30.2. The smallest absolute Gasteiger partial charge is 0.248 e. The molecule has 1 aromatic heterocycles. The first-order valence-corrected chi connectivity index (χ1v) is 11.3. The summed E-state index contributed by atoms with van der Waals surface area (Å²) in [6.45, 7) is 0. The number of nitrogens with zero attached hydrogens (tertiary/aromatic N) is 1. The number of rotatable bonds is 3. The molecule has 0 radical (unpaired) electrons. The second-order valence-corrected chi connectivity index (χ2v) is 8.82. The number of alkyl halides is 2. The standard InChI is InChI=1S/C30H18ClF2N/c31-23-12-14-27-25(18-23)24-15-21(11-13-26(24)30(27,32)33)29-17-22(19-7-3-1-4-8-19)16-28(34-29)20-9-5-2-6-10-20/h1-18H. The Morgan fingerprint density at radius 2 is 1.09 bits per heavy atom. The van der Waals surface area contributed by atoms with Gasteiger partial charge in [0.2, 0.25) is 0 Å². The molecule has 4 aromatic carbocycles. The van der Waals surface area contributed by atoms with Gasteiger partial charge in [0.1, 0.15) is 0 Å². The topological polar surface area (TPSA) is 12.9 Å². The summed E-state index contributed by atoms with van der Waals surface area (Å²) >= 11 is 6.16. The van der Waals surface area contributed by atoms with E-state index in [4.69, 9.17) is 16.6 Å². The largest absolute Gasteiger partial charge is 0.299 e. The van der Waals surface area contributed by atoms with Crippen LogP contribution in [0.5, 0.6) is 0 Å². The van der Waals surface area contributed by atoms with Gasteiger partial charge in [-0.25, -0.2) is 4.98 Å². The lowest BCUT2D eigenvalue weighted by Gasteiger charge is -2.13. The maximum atomic E-state index is 15.1. The van der Waals surface area contributed by atoms with E-state index in [1.165, 1.54) is 18.2 Å². The average molecular weight is 466 g/mol. The van der Waals surface area contributed by atoms with Crippen LogP contribution in [0.3, 0.4) is 0 Å². The Hall–Kier alpha value is -3.82. The molecule has 4 heteroatoms. The maximum absolute atomic E-state index is 15.1. The van der Waals surface area contributed by atoms with Crippen LogP contribution in [0.2, 0.25) is 5.02 Å². The van der Waals surface area contributed by atoms with Crippen LogP contribution in [0.25, 0.3) is 44.8 Å². The van der Waals surface area contributed by atoms with E-state index in [1.807, 2.05) is 54.6 Å². The second-order valence-electron chi connectivity index (χ2n) is 8.38. The SMILES string of the molecule is FC1(F)c2ccc(Cl)cc2-c2cc(-c3cc(-c4ccccc4)cc(-c4ccccc4)n3)ccc21. The number of hydrogen-bond acceptors (Lipinski definition) is 1. The molecule has 6 rings (SSSR count). The molecule has 34 heavy (non-hydrogen) atoms. The maximum Gasteiger partial charge on any atom is 0.299 e. The van der Waals surface area contributed by atoms with Gasteiger partial charge in [-0.05, 0) is 52.6 Å². The summed E-state index contributed by atoms with van der Waals surface area (Å²) in [5.74, 6) is -3.05. The van der Waals surface area contributed by atoms with E-state index in [2.05, 4.69) is 18.2 Å². The molecule has 1 heterocycles. The Kier molecular flexibility index (Phi) is 4.82. The lowest BCUT2D eigenvalue weighted by Crippen LogP contribution is -2.10. The van der Waals surface area contributed by atoms with Crippen LogP contribution in [0, 0.1) is 0 Å². The van der Waals surface area contributed by atoms with E-state index in [9.17, 15) is 0 Å². The molecule has 164 valence electrons. The number of hydrogen-bond donors (Lipinski definition) is 0. The van der Waals surface area contributed by atoms with Crippen LogP contribution >= 0.6 is 11.6 Å². The summed E-state index contributed by atoms with van der Waals surface area (Å²) in [5.41, 5.74) is 6.34. The number of aromatic nitrogens is 1. The number of pyridine rings is 1. The van der Waals surface area contributed by atoms with E-state index >= 15 is 8.78 Å². The van der Waals surface area contributed by atoms with Gasteiger partial charge < -0.3 is 0 Å². The minimum atomic E-state index is -3.05. The third kappa shape index (κ3) is 3.41. The minimum Gasteiger partial charge on any atom is -0.248 e. The molecule has 1 nitrogen and oxygen atoms in total. The molecule has 0 saturated carbocycles. The summed E-state index contributed by atoms with van der Waals surface area (Å²) in [5, 5.41) is 0.434. The van der Waals surface area contributed by atoms with Gasteiger partial charge in [0.05, 0.1) is 11.4 Å². The first-order chi connectivity index (χ1) is 16.5. The summed E-state index contributed by atoms with van der Waals surface area (Å²) in [4.78, 5) is 4.92. The van der Waals surface area contributed by atoms with E-state index in [1.54, 1.807) is 18.2 Å². The van der Waals surface area contributed by atoms with Crippen LogP contribution in [-0.4, -0.2) is 4.98 Å². The van der Waals surface area contributed by atoms with Gasteiger partial charge in [-0.2, -0.15) is 8.78 Å². The fraction of sp³-hybridized carbons (Fsp3) is 0.0333. The van der Waals surface area contributed by atoms with Crippen LogP contribution < -0.4 is 0 Å². The van der Waals surface area contributed by atoms with E-state index in [0.29, 0.717) is 16.1 Å². The molecule has 0 atom stereocenters. The molecule has 0 unspecified atom stereocenters. The van der Waals surface area contributed by atoms with E-state index in [-0.39, 0.29) is 11.1 Å². The second kappa shape index (κ2) is 7.89. The number of halogens is 3. The number of fused-ring (bicyclic) bond motifs is 3. The Bertz CT molecular complexity index is 1470. The molecule has 0 N–H and O–H groups in total. The molecule has 0 bridgehead atoms. The third-order valence-electron chi connectivity index (χ3n) is 6.27. The first kappa shape index (κ1) is 20.8.